The minimum Gasteiger partial charge on any atom is -0.448 e. The van der Waals surface area contributed by atoms with Gasteiger partial charge < -0.3 is 10.1 Å². The topological polar surface area (TPSA) is 74.0 Å². The van der Waals surface area contributed by atoms with Crippen molar-refractivity contribution in [3.8, 4) is 22.7 Å². The second-order valence-electron chi connectivity index (χ2n) is 8.51. The molecule has 1 amide bonds. The number of aryl methyl sites for hydroxylation is 1. The van der Waals surface area contributed by atoms with Crippen molar-refractivity contribution in [1.82, 2.24) is 24.9 Å². The van der Waals surface area contributed by atoms with E-state index in [9.17, 15) is 35.5 Å². The molecule has 1 aliphatic heterocycles. The maximum atomic E-state index is 15.2. The Hall–Kier alpha value is -3.36. The fourth-order valence-electron chi connectivity index (χ4n) is 3.98. The van der Waals surface area contributed by atoms with Gasteiger partial charge >= 0.3 is 18.0 Å². The van der Waals surface area contributed by atoms with Crippen LogP contribution in [-0.2, 0) is 12.7 Å². The molecule has 5 rings (SSSR count). The summed E-state index contributed by atoms with van der Waals surface area (Å²) in [4.78, 5) is 12.5. The molecule has 1 unspecified atom stereocenters. The van der Waals surface area contributed by atoms with E-state index in [-0.39, 0.29) is 27.8 Å². The molecule has 1 aliphatic carbocycles. The van der Waals surface area contributed by atoms with Crippen LogP contribution in [0.4, 0.5) is 35.1 Å². The minimum absolute atomic E-state index is 0.00352. The van der Waals surface area contributed by atoms with Gasteiger partial charge in [-0.2, -0.15) is 40.9 Å². The summed E-state index contributed by atoms with van der Waals surface area (Å²) in [7, 11) is 0.922. The SMILES string of the molecule is Cn1nc(C(F)(C(F)(F)F)C(F)(F)F)c2c1-n1ncc(-c3ccc(Cl)c(C(=O)NC4CC4)c3)c1C(F)O2. The molecule has 0 radical (unpaired) electrons. The van der Waals surface area contributed by atoms with Gasteiger partial charge in [0.1, 0.15) is 5.69 Å². The summed E-state index contributed by atoms with van der Waals surface area (Å²) in [6, 6.07) is 4.10. The molecule has 0 saturated heterocycles. The third-order valence-corrected chi connectivity index (χ3v) is 6.29. The van der Waals surface area contributed by atoms with E-state index in [1.54, 1.807) is 0 Å². The molecule has 1 N–H and O–H groups in total. The summed E-state index contributed by atoms with van der Waals surface area (Å²) >= 11 is 6.12. The van der Waals surface area contributed by atoms with Crippen molar-refractivity contribution >= 4 is 17.5 Å². The van der Waals surface area contributed by atoms with Crippen LogP contribution in [0.3, 0.4) is 0 Å². The summed E-state index contributed by atoms with van der Waals surface area (Å²) in [6.07, 6.45) is -13.0. The second kappa shape index (κ2) is 8.07. The lowest BCUT2D eigenvalue weighted by Gasteiger charge is -2.30. The van der Waals surface area contributed by atoms with Crippen LogP contribution < -0.4 is 10.1 Å². The maximum Gasteiger partial charge on any atom is 0.437 e. The van der Waals surface area contributed by atoms with Gasteiger partial charge in [-0.05, 0) is 30.5 Å². The first-order valence-electron chi connectivity index (χ1n) is 10.5. The molecular weight excluding hydrogens is 542 g/mol. The Morgan fingerprint density at radius 3 is 2.38 bits per heavy atom. The second-order valence-corrected chi connectivity index (χ2v) is 8.92. The van der Waals surface area contributed by atoms with Crippen molar-refractivity contribution < 1.29 is 44.7 Å². The first kappa shape index (κ1) is 25.3. The Morgan fingerprint density at radius 2 is 1.78 bits per heavy atom. The first-order chi connectivity index (χ1) is 17.1. The van der Waals surface area contributed by atoms with Crippen LogP contribution in [0.15, 0.2) is 24.4 Å². The van der Waals surface area contributed by atoms with Gasteiger partial charge in [-0.15, -0.1) is 0 Å². The molecule has 1 fully saturated rings. The van der Waals surface area contributed by atoms with Gasteiger partial charge in [0.15, 0.2) is 17.3 Å². The number of amides is 1. The number of rotatable bonds is 4. The fourth-order valence-corrected chi connectivity index (χ4v) is 4.18. The molecule has 1 saturated carbocycles. The number of nitrogens with zero attached hydrogens (tertiary/aromatic N) is 4. The molecule has 198 valence electrons. The standard InChI is InChI=1S/C21H14ClF8N5O2/c1-34-18-14(15(33-34)19(24,20(25,26)27)21(28,29)30)37-16(23)13-11(7-31-35(13)18)8-2-5-12(22)10(6-8)17(36)32-9-3-4-9/h2,5-7,9,16H,3-4H2,1H3,(H,32,36). The Labute approximate surface area is 206 Å². The molecule has 0 spiro atoms. The Bertz CT molecular complexity index is 1400. The molecule has 0 bridgehead atoms. The molecular formula is C21H14ClF8N5O2. The zero-order valence-electron chi connectivity index (χ0n) is 18.4. The van der Waals surface area contributed by atoms with Gasteiger partial charge in [-0.3, -0.25) is 4.79 Å². The largest absolute Gasteiger partial charge is 0.448 e. The van der Waals surface area contributed by atoms with Crippen molar-refractivity contribution in [1.29, 1.82) is 0 Å². The summed E-state index contributed by atoms with van der Waals surface area (Å²) in [5.41, 5.74) is -8.33. The lowest BCUT2D eigenvalue weighted by Crippen LogP contribution is -2.51. The predicted molar refractivity (Wildman–Crippen MR) is 111 cm³/mol. The van der Waals surface area contributed by atoms with Gasteiger partial charge in [-0.1, -0.05) is 17.7 Å². The zero-order chi connectivity index (χ0) is 27.1. The van der Waals surface area contributed by atoms with Crippen LogP contribution in [0.5, 0.6) is 5.75 Å². The van der Waals surface area contributed by atoms with Crippen LogP contribution in [0.1, 0.15) is 40.9 Å². The number of aromatic nitrogens is 4. The van der Waals surface area contributed by atoms with E-state index in [2.05, 4.69) is 15.5 Å². The number of carbonyl (C=O) groups excluding carboxylic acids is 1. The van der Waals surface area contributed by atoms with Crippen LogP contribution in [0.2, 0.25) is 5.02 Å². The summed E-state index contributed by atoms with van der Waals surface area (Å²) in [5, 5.41) is 9.79. The van der Waals surface area contributed by atoms with E-state index in [1.165, 1.54) is 18.2 Å². The van der Waals surface area contributed by atoms with Gasteiger partial charge in [-0.25, -0.2) is 13.8 Å². The minimum atomic E-state index is -6.49. The van der Waals surface area contributed by atoms with Gasteiger partial charge in [0.05, 0.1) is 16.8 Å². The Morgan fingerprint density at radius 1 is 1.14 bits per heavy atom. The first-order valence-corrected chi connectivity index (χ1v) is 10.9. The smallest absolute Gasteiger partial charge is 0.437 e. The van der Waals surface area contributed by atoms with Gasteiger partial charge in [0.25, 0.3) is 12.3 Å². The van der Waals surface area contributed by atoms with Crippen LogP contribution in [0.25, 0.3) is 16.9 Å². The number of ether oxygens (including phenoxy) is 1. The molecule has 1 aromatic carbocycles. The van der Waals surface area contributed by atoms with E-state index in [4.69, 9.17) is 16.3 Å². The van der Waals surface area contributed by atoms with Crippen molar-refractivity contribution in [2.24, 2.45) is 7.05 Å². The van der Waals surface area contributed by atoms with E-state index >= 15 is 4.39 Å². The highest BCUT2D eigenvalue weighted by molar-refractivity contribution is 6.34. The zero-order valence-corrected chi connectivity index (χ0v) is 19.1. The van der Waals surface area contributed by atoms with Crippen molar-refractivity contribution in [2.45, 2.75) is 43.3 Å². The average molecular weight is 556 g/mol. The van der Waals surface area contributed by atoms with Crippen LogP contribution >= 0.6 is 11.6 Å². The highest BCUT2D eigenvalue weighted by Crippen LogP contribution is 2.57. The highest BCUT2D eigenvalue weighted by Gasteiger charge is 2.76. The number of hydrogen-bond acceptors (Lipinski definition) is 4. The van der Waals surface area contributed by atoms with Crippen molar-refractivity contribution in [2.75, 3.05) is 0 Å². The average Bonchev–Trinajstić information content (AvgIpc) is 3.38. The molecule has 3 aromatic rings. The molecule has 7 nitrogen and oxygen atoms in total. The lowest BCUT2D eigenvalue weighted by molar-refractivity contribution is -0.350. The van der Waals surface area contributed by atoms with Gasteiger partial charge in [0, 0.05) is 18.7 Å². The number of hydrogen-bond donors (Lipinski definition) is 1. The fraction of sp³-hybridized carbons (Fsp3) is 0.381. The van der Waals surface area contributed by atoms with Crippen LogP contribution in [-0.4, -0.2) is 43.9 Å². The number of carbonyl (C=O) groups is 1. The number of alkyl halides is 8. The van der Waals surface area contributed by atoms with Crippen LogP contribution in [0, 0.1) is 0 Å². The van der Waals surface area contributed by atoms with E-state index in [1.807, 2.05) is 0 Å². The lowest BCUT2D eigenvalue weighted by atomic mass is 9.99. The summed E-state index contributed by atoms with van der Waals surface area (Å²) in [6.45, 7) is 0. The molecule has 16 heteroatoms. The quantitative estimate of drug-likeness (QED) is 0.434. The van der Waals surface area contributed by atoms with Crippen molar-refractivity contribution in [3.05, 3.63) is 46.4 Å². The Kier molecular flexibility index (Phi) is 5.52. The van der Waals surface area contributed by atoms with E-state index in [0.717, 1.165) is 26.1 Å². The summed E-state index contributed by atoms with van der Waals surface area (Å²) < 4.78 is 116. The third kappa shape index (κ3) is 3.81. The van der Waals surface area contributed by atoms with E-state index in [0.29, 0.717) is 9.36 Å². The molecule has 2 aliphatic rings. The molecule has 1 atom stereocenters. The number of benzene rings is 1. The highest BCUT2D eigenvalue weighted by atomic mass is 35.5. The summed E-state index contributed by atoms with van der Waals surface area (Å²) in [5.74, 6) is -2.56. The maximum absolute atomic E-state index is 15.2. The van der Waals surface area contributed by atoms with Crippen molar-refractivity contribution in [3.63, 3.8) is 0 Å². The number of fused-ring (bicyclic) bond motifs is 3. The predicted octanol–water partition coefficient (Wildman–Crippen LogP) is 5.47. The van der Waals surface area contributed by atoms with E-state index < -0.39 is 53.2 Å². The van der Waals surface area contributed by atoms with Gasteiger partial charge in [0.2, 0.25) is 0 Å². The number of nitrogens with one attached hydrogen (secondary N) is 1. The monoisotopic (exact) mass is 555 g/mol. The molecule has 3 heterocycles. The number of halogens is 9. The third-order valence-electron chi connectivity index (χ3n) is 5.96. The molecule has 2 aromatic heterocycles. The molecule has 37 heavy (non-hydrogen) atoms. The normalized spacial score (nSPS) is 17.7. The Balaban J connectivity index is 1.63.